The van der Waals surface area contributed by atoms with E-state index in [0.717, 1.165) is 37.0 Å². The van der Waals surface area contributed by atoms with Crippen molar-refractivity contribution >= 4 is 33.3 Å². The fraction of sp³-hybridized carbons (Fsp3) is 0.200. The number of halogens is 1. The average molecular weight is 483 g/mol. The fourth-order valence-electron chi connectivity index (χ4n) is 4.37. The van der Waals surface area contributed by atoms with Crippen LogP contribution in [0.5, 0.6) is 5.75 Å². The molecule has 0 bridgehead atoms. The third-order valence-electron chi connectivity index (χ3n) is 6.23. The second kappa shape index (κ2) is 10.7. The molecule has 0 aliphatic carbocycles. The van der Waals surface area contributed by atoms with Gasteiger partial charge in [0.2, 0.25) is 0 Å². The van der Waals surface area contributed by atoms with Gasteiger partial charge in [-0.2, -0.15) is 0 Å². The third kappa shape index (κ3) is 5.39. The van der Waals surface area contributed by atoms with Crippen molar-refractivity contribution < 1.29 is 4.74 Å². The van der Waals surface area contributed by atoms with E-state index in [9.17, 15) is 4.79 Å². The van der Waals surface area contributed by atoms with Crippen molar-refractivity contribution in [3.8, 4) is 17.1 Å². The van der Waals surface area contributed by atoms with Crippen LogP contribution in [0, 0.1) is 0 Å². The van der Waals surface area contributed by atoms with Crippen LogP contribution >= 0.6 is 11.6 Å². The summed E-state index contributed by atoms with van der Waals surface area (Å²) in [4.78, 5) is 18.1. The molecule has 0 radical (unpaired) electrons. The molecule has 0 fully saturated rings. The number of para-hydroxylation sites is 1. The van der Waals surface area contributed by atoms with Crippen LogP contribution < -0.4 is 10.3 Å². The maximum Gasteiger partial charge on any atom is 0.261 e. The summed E-state index contributed by atoms with van der Waals surface area (Å²) in [5, 5.41) is 3.72. The molecule has 35 heavy (non-hydrogen) atoms. The highest BCUT2D eigenvalue weighted by molar-refractivity contribution is 6.30. The van der Waals surface area contributed by atoms with Gasteiger partial charge >= 0.3 is 0 Å². The highest BCUT2D eigenvalue weighted by Gasteiger charge is 2.12. The van der Waals surface area contributed by atoms with E-state index in [1.54, 1.807) is 4.57 Å². The first-order valence-electron chi connectivity index (χ1n) is 12.1. The van der Waals surface area contributed by atoms with Crippen LogP contribution in [0.1, 0.15) is 25.7 Å². The van der Waals surface area contributed by atoms with Crippen molar-refractivity contribution in [2.75, 3.05) is 6.61 Å². The molecule has 0 aliphatic heterocycles. The molecule has 0 spiro atoms. The van der Waals surface area contributed by atoms with Gasteiger partial charge in [0.05, 0.1) is 17.5 Å². The number of fused-ring (bicyclic) bond motifs is 2. The van der Waals surface area contributed by atoms with Crippen LogP contribution in [0.15, 0.2) is 95.8 Å². The Balaban J connectivity index is 1.20. The van der Waals surface area contributed by atoms with E-state index in [-0.39, 0.29) is 5.56 Å². The van der Waals surface area contributed by atoms with Gasteiger partial charge in [0, 0.05) is 17.1 Å². The summed E-state index contributed by atoms with van der Waals surface area (Å²) in [6, 6.07) is 29.5. The number of ether oxygens (including phenoxy) is 1. The summed E-state index contributed by atoms with van der Waals surface area (Å²) >= 11 is 6.07. The molecular weight excluding hydrogens is 456 g/mol. The molecular formula is C30H27ClN2O2. The number of hydrogen-bond donors (Lipinski definition) is 0. The second-order valence-corrected chi connectivity index (χ2v) is 9.12. The van der Waals surface area contributed by atoms with Crippen molar-refractivity contribution in [2.24, 2.45) is 0 Å². The van der Waals surface area contributed by atoms with E-state index in [1.165, 1.54) is 10.8 Å². The molecule has 5 aromatic rings. The first kappa shape index (κ1) is 23.1. The van der Waals surface area contributed by atoms with Crippen LogP contribution in [-0.2, 0) is 6.54 Å². The zero-order chi connectivity index (χ0) is 24.0. The van der Waals surface area contributed by atoms with Gasteiger partial charge < -0.3 is 4.74 Å². The van der Waals surface area contributed by atoms with Crippen molar-refractivity contribution in [3.63, 3.8) is 0 Å². The van der Waals surface area contributed by atoms with Crippen molar-refractivity contribution in [1.29, 1.82) is 0 Å². The van der Waals surface area contributed by atoms with E-state index < -0.39 is 0 Å². The molecule has 0 saturated heterocycles. The van der Waals surface area contributed by atoms with Gasteiger partial charge in [-0.3, -0.25) is 9.36 Å². The lowest BCUT2D eigenvalue weighted by molar-refractivity contribution is 0.304. The highest BCUT2D eigenvalue weighted by atomic mass is 35.5. The lowest BCUT2D eigenvalue weighted by atomic mass is 10.1. The molecule has 0 aliphatic rings. The molecule has 0 N–H and O–H groups in total. The lowest BCUT2D eigenvalue weighted by Crippen LogP contribution is -2.23. The van der Waals surface area contributed by atoms with Gasteiger partial charge in [0.25, 0.3) is 5.56 Å². The molecule has 176 valence electrons. The van der Waals surface area contributed by atoms with Gasteiger partial charge in [-0.15, -0.1) is 0 Å². The minimum Gasteiger partial charge on any atom is -0.494 e. The van der Waals surface area contributed by atoms with E-state index in [4.69, 9.17) is 21.3 Å². The minimum absolute atomic E-state index is 0.000174. The van der Waals surface area contributed by atoms with Gasteiger partial charge in [-0.1, -0.05) is 66.9 Å². The Morgan fingerprint density at radius 3 is 2.37 bits per heavy atom. The van der Waals surface area contributed by atoms with E-state index in [2.05, 4.69) is 24.3 Å². The summed E-state index contributed by atoms with van der Waals surface area (Å²) in [5.74, 6) is 1.59. The number of rotatable bonds is 9. The van der Waals surface area contributed by atoms with Crippen LogP contribution in [0.3, 0.4) is 0 Å². The van der Waals surface area contributed by atoms with Gasteiger partial charge in [-0.25, -0.2) is 4.98 Å². The first-order chi connectivity index (χ1) is 17.2. The molecule has 0 amide bonds. The highest BCUT2D eigenvalue weighted by Crippen LogP contribution is 2.23. The maximum absolute atomic E-state index is 13.3. The predicted molar refractivity (Wildman–Crippen MR) is 144 cm³/mol. The van der Waals surface area contributed by atoms with Gasteiger partial charge in [0.15, 0.2) is 0 Å². The monoisotopic (exact) mass is 482 g/mol. The van der Waals surface area contributed by atoms with Crippen LogP contribution in [0.25, 0.3) is 33.1 Å². The number of hydrogen-bond acceptors (Lipinski definition) is 3. The quantitative estimate of drug-likeness (QED) is 0.204. The second-order valence-electron chi connectivity index (χ2n) is 8.69. The van der Waals surface area contributed by atoms with E-state index >= 15 is 0 Å². The Hall–Kier alpha value is -3.63. The number of aromatic nitrogens is 2. The average Bonchev–Trinajstić information content (AvgIpc) is 2.89. The summed E-state index contributed by atoms with van der Waals surface area (Å²) < 4.78 is 7.76. The molecule has 0 atom stereocenters. The Bertz CT molecular complexity index is 1510. The van der Waals surface area contributed by atoms with Gasteiger partial charge in [0.1, 0.15) is 11.6 Å². The van der Waals surface area contributed by atoms with Gasteiger partial charge in [-0.05, 0) is 72.1 Å². The Kier molecular flexibility index (Phi) is 7.10. The van der Waals surface area contributed by atoms with Crippen molar-refractivity contribution in [3.05, 3.63) is 106 Å². The topological polar surface area (TPSA) is 44.1 Å². The van der Waals surface area contributed by atoms with Crippen LogP contribution in [0.2, 0.25) is 5.02 Å². The molecule has 0 unspecified atom stereocenters. The molecule has 4 aromatic carbocycles. The molecule has 0 saturated carbocycles. The van der Waals surface area contributed by atoms with Crippen molar-refractivity contribution in [1.82, 2.24) is 9.55 Å². The summed E-state index contributed by atoms with van der Waals surface area (Å²) in [6.45, 7) is 1.31. The number of nitrogens with zero attached hydrogens (tertiary/aromatic N) is 2. The Morgan fingerprint density at radius 1 is 0.771 bits per heavy atom. The van der Waals surface area contributed by atoms with Crippen LogP contribution in [0.4, 0.5) is 0 Å². The smallest absolute Gasteiger partial charge is 0.261 e. The lowest BCUT2D eigenvalue weighted by Gasteiger charge is -2.14. The fourth-order valence-corrected chi connectivity index (χ4v) is 4.49. The zero-order valence-corrected chi connectivity index (χ0v) is 20.2. The summed E-state index contributed by atoms with van der Waals surface area (Å²) in [7, 11) is 0. The maximum atomic E-state index is 13.3. The molecule has 5 heteroatoms. The van der Waals surface area contributed by atoms with Crippen molar-refractivity contribution in [2.45, 2.75) is 32.2 Å². The predicted octanol–water partition coefficient (Wildman–Crippen LogP) is 7.51. The number of benzene rings is 4. The summed E-state index contributed by atoms with van der Waals surface area (Å²) in [6.07, 6.45) is 3.93. The zero-order valence-electron chi connectivity index (χ0n) is 19.5. The first-order valence-corrected chi connectivity index (χ1v) is 12.4. The SMILES string of the molecule is O=c1c2ccccc2nc(-c2ccc(Cl)cc2)n1CCCCCCOc1ccc2ccccc2c1. The Labute approximate surface area is 209 Å². The largest absolute Gasteiger partial charge is 0.494 e. The third-order valence-corrected chi connectivity index (χ3v) is 6.48. The minimum atomic E-state index is 0.000174. The Morgan fingerprint density at radius 2 is 1.51 bits per heavy atom. The molecule has 1 heterocycles. The molecule has 5 rings (SSSR count). The summed E-state index contributed by atoms with van der Waals surface area (Å²) in [5.41, 5.74) is 1.60. The van der Waals surface area contributed by atoms with E-state index in [0.29, 0.717) is 34.9 Å². The normalized spacial score (nSPS) is 11.2. The number of unbranched alkanes of at least 4 members (excludes halogenated alkanes) is 3. The van der Waals surface area contributed by atoms with Crippen LogP contribution in [-0.4, -0.2) is 16.2 Å². The van der Waals surface area contributed by atoms with E-state index in [1.807, 2.05) is 66.7 Å². The molecule has 4 nitrogen and oxygen atoms in total. The standard InChI is InChI=1S/C30H27ClN2O2/c31-25-16-13-23(14-17-25)29-32-28-12-6-5-11-27(28)30(34)33(29)19-7-1-2-8-20-35-26-18-15-22-9-3-4-10-24(22)21-26/h3-6,9-18,21H,1-2,7-8,19-20H2. The molecule has 1 aromatic heterocycles.